The number of aliphatic imine (C=N–C) groups is 1. The maximum Gasteiger partial charge on any atom is 0.193 e. The zero-order valence-corrected chi connectivity index (χ0v) is 10.6. The minimum Gasteiger partial charge on any atom is -0.370 e. The van der Waals surface area contributed by atoms with E-state index in [0.717, 1.165) is 18.7 Å². The first-order valence-corrected chi connectivity index (χ1v) is 5.69. The second-order valence-electron chi connectivity index (χ2n) is 4.17. The molecule has 16 heavy (non-hydrogen) atoms. The smallest absolute Gasteiger partial charge is 0.193 e. The van der Waals surface area contributed by atoms with Gasteiger partial charge in [0, 0.05) is 12.2 Å². The lowest BCUT2D eigenvalue weighted by molar-refractivity contribution is 0.929. The third-order valence-corrected chi connectivity index (χ3v) is 2.44. The van der Waals surface area contributed by atoms with E-state index in [1.165, 1.54) is 16.7 Å². The molecule has 0 aliphatic heterocycles. The molecule has 0 saturated carbocycles. The summed E-state index contributed by atoms with van der Waals surface area (Å²) in [7, 11) is 0. The van der Waals surface area contributed by atoms with E-state index in [-0.39, 0.29) is 0 Å². The Labute approximate surface area is 97.8 Å². The highest BCUT2D eigenvalue weighted by molar-refractivity contribution is 5.93. The lowest BCUT2D eigenvalue weighted by Gasteiger charge is -2.13. The van der Waals surface area contributed by atoms with Crippen LogP contribution in [0.5, 0.6) is 0 Å². The van der Waals surface area contributed by atoms with Crippen LogP contribution in [0.3, 0.4) is 0 Å². The molecule has 1 rings (SSSR count). The molecule has 0 aliphatic carbocycles. The summed E-state index contributed by atoms with van der Waals surface area (Å²) in [6, 6.07) is 4.28. The van der Waals surface area contributed by atoms with Gasteiger partial charge < -0.3 is 11.1 Å². The molecule has 0 saturated heterocycles. The highest BCUT2D eigenvalue weighted by atomic mass is 15.1. The zero-order valence-electron chi connectivity index (χ0n) is 10.6. The van der Waals surface area contributed by atoms with Crippen LogP contribution in [0.2, 0.25) is 0 Å². The fraction of sp³-hybridized carbons (Fsp3) is 0.462. The van der Waals surface area contributed by atoms with Crippen molar-refractivity contribution in [2.45, 2.75) is 34.1 Å². The van der Waals surface area contributed by atoms with Gasteiger partial charge in [0.2, 0.25) is 0 Å². The second kappa shape index (κ2) is 5.54. The van der Waals surface area contributed by atoms with Gasteiger partial charge in [-0.3, -0.25) is 4.99 Å². The molecule has 0 bridgehead atoms. The van der Waals surface area contributed by atoms with Crippen molar-refractivity contribution in [3.05, 3.63) is 28.8 Å². The first-order valence-electron chi connectivity index (χ1n) is 5.69. The van der Waals surface area contributed by atoms with Crippen LogP contribution in [0.1, 0.15) is 30.0 Å². The van der Waals surface area contributed by atoms with Gasteiger partial charge in [-0.25, -0.2) is 0 Å². The van der Waals surface area contributed by atoms with Crippen LogP contribution < -0.4 is 11.1 Å². The minimum atomic E-state index is 0.497. The first kappa shape index (κ1) is 12.6. The Morgan fingerprint density at radius 3 is 2.31 bits per heavy atom. The number of nitrogens with two attached hydrogens (primary N) is 1. The molecule has 0 fully saturated rings. The average molecular weight is 219 g/mol. The summed E-state index contributed by atoms with van der Waals surface area (Å²) < 4.78 is 0. The number of hydrogen-bond donors (Lipinski definition) is 2. The van der Waals surface area contributed by atoms with E-state index in [1.54, 1.807) is 0 Å². The zero-order chi connectivity index (χ0) is 12.1. The molecule has 0 radical (unpaired) electrons. The summed E-state index contributed by atoms with van der Waals surface area (Å²) in [5.74, 6) is 0.497. The molecule has 3 nitrogen and oxygen atoms in total. The van der Waals surface area contributed by atoms with Crippen molar-refractivity contribution >= 4 is 11.6 Å². The summed E-state index contributed by atoms with van der Waals surface area (Å²) in [5.41, 5.74) is 10.5. The summed E-state index contributed by atoms with van der Waals surface area (Å²) in [6.45, 7) is 9.10. The van der Waals surface area contributed by atoms with Crippen molar-refractivity contribution in [3.8, 4) is 0 Å². The fourth-order valence-corrected chi connectivity index (χ4v) is 1.78. The van der Waals surface area contributed by atoms with Crippen molar-refractivity contribution in [1.82, 2.24) is 0 Å². The maximum atomic E-state index is 5.81. The lowest BCUT2D eigenvalue weighted by atomic mass is 10.1. The number of hydrogen-bond acceptors (Lipinski definition) is 1. The van der Waals surface area contributed by atoms with Gasteiger partial charge in [-0.05, 0) is 38.3 Å². The first-order chi connectivity index (χ1) is 7.54. The van der Waals surface area contributed by atoms with Crippen LogP contribution >= 0.6 is 0 Å². The van der Waals surface area contributed by atoms with Gasteiger partial charge in [-0.1, -0.05) is 24.6 Å². The van der Waals surface area contributed by atoms with Crippen molar-refractivity contribution in [2.24, 2.45) is 10.7 Å². The molecule has 1 aromatic carbocycles. The van der Waals surface area contributed by atoms with Gasteiger partial charge in [0.1, 0.15) is 0 Å². The van der Waals surface area contributed by atoms with Gasteiger partial charge in [0.15, 0.2) is 5.96 Å². The SMILES string of the molecule is CCCN=C(N)Nc1c(C)cc(C)cc1C. The molecule has 0 spiro atoms. The van der Waals surface area contributed by atoms with Crippen LogP contribution in [-0.4, -0.2) is 12.5 Å². The Balaban J connectivity index is 2.89. The summed E-state index contributed by atoms with van der Waals surface area (Å²) >= 11 is 0. The normalized spacial score (nSPS) is 11.6. The number of nitrogens with zero attached hydrogens (tertiary/aromatic N) is 1. The summed E-state index contributed by atoms with van der Waals surface area (Å²) in [6.07, 6.45) is 1.01. The topological polar surface area (TPSA) is 50.4 Å². The molecule has 88 valence electrons. The molecule has 3 N–H and O–H groups in total. The summed E-state index contributed by atoms with van der Waals surface area (Å²) in [5, 5.41) is 3.17. The summed E-state index contributed by atoms with van der Waals surface area (Å²) in [4.78, 5) is 4.23. The highest BCUT2D eigenvalue weighted by Gasteiger charge is 2.04. The van der Waals surface area contributed by atoms with E-state index in [1.807, 2.05) is 0 Å². The molecule has 0 amide bonds. The lowest BCUT2D eigenvalue weighted by Crippen LogP contribution is -2.23. The van der Waals surface area contributed by atoms with Crippen LogP contribution in [0.4, 0.5) is 5.69 Å². The predicted molar refractivity (Wildman–Crippen MR) is 71.1 cm³/mol. The highest BCUT2D eigenvalue weighted by Crippen LogP contribution is 2.21. The van der Waals surface area contributed by atoms with Gasteiger partial charge in [0.05, 0.1) is 0 Å². The largest absolute Gasteiger partial charge is 0.370 e. The molecule has 0 unspecified atom stereocenters. The maximum absolute atomic E-state index is 5.81. The second-order valence-corrected chi connectivity index (χ2v) is 4.17. The molecule has 0 aromatic heterocycles. The van der Waals surface area contributed by atoms with Gasteiger partial charge in [-0.2, -0.15) is 0 Å². The Bertz CT molecular complexity index is 371. The monoisotopic (exact) mass is 219 g/mol. The Morgan fingerprint density at radius 1 is 1.25 bits per heavy atom. The van der Waals surface area contributed by atoms with Crippen LogP contribution in [0.15, 0.2) is 17.1 Å². The minimum absolute atomic E-state index is 0.497. The van der Waals surface area contributed by atoms with Crippen LogP contribution in [0, 0.1) is 20.8 Å². The molecule has 3 heteroatoms. The van der Waals surface area contributed by atoms with E-state index in [2.05, 4.69) is 50.1 Å². The van der Waals surface area contributed by atoms with Gasteiger partial charge >= 0.3 is 0 Å². The average Bonchev–Trinajstić information content (AvgIpc) is 2.20. The van der Waals surface area contributed by atoms with Crippen molar-refractivity contribution < 1.29 is 0 Å². The Hall–Kier alpha value is -1.51. The van der Waals surface area contributed by atoms with E-state index < -0.39 is 0 Å². The van der Waals surface area contributed by atoms with Crippen LogP contribution in [-0.2, 0) is 0 Å². The molecule has 1 aromatic rings. The van der Waals surface area contributed by atoms with E-state index in [9.17, 15) is 0 Å². The van der Waals surface area contributed by atoms with E-state index >= 15 is 0 Å². The number of benzene rings is 1. The molecular weight excluding hydrogens is 198 g/mol. The van der Waals surface area contributed by atoms with Crippen molar-refractivity contribution in [1.29, 1.82) is 0 Å². The van der Waals surface area contributed by atoms with Gasteiger partial charge in [0.25, 0.3) is 0 Å². The van der Waals surface area contributed by atoms with Crippen LogP contribution in [0.25, 0.3) is 0 Å². The quantitative estimate of drug-likeness (QED) is 0.606. The molecular formula is C13H21N3. The number of anilines is 1. The number of aryl methyl sites for hydroxylation is 3. The van der Waals surface area contributed by atoms with E-state index in [0.29, 0.717) is 5.96 Å². The van der Waals surface area contributed by atoms with Gasteiger partial charge in [-0.15, -0.1) is 0 Å². The predicted octanol–water partition coefficient (Wildman–Crippen LogP) is 2.75. The number of guanidine groups is 1. The number of rotatable bonds is 3. The third kappa shape index (κ3) is 3.26. The van der Waals surface area contributed by atoms with Crippen molar-refractivity contribution in [3.63, 3.8) is 0 Å². The van der Waals surface area contributed by atoms with E-state index in [4.69, 9.17) is 5.73 Å². The fourth-order valence-electron chi connectivity index (χ4n) is 1.78. The number of nitrogens with one attached hydrogen (secondary N) is 1. The molecule has 0 heterocycles. The Kier molecular flexibility index (Phi) is 4.35. The third-order valence-electron chi connectivity index (χ3n) is 2.44. The Morgan fingerprint density at radius 2 is 1.81 bits per heavy atom. The standard InChI is InChI=1S/C13H21N3/c1-5-6-15-13(14)16-12-10(3)7-9(2)8-11(12)4/h7-8H,5-6H2,1-4H3,(H3,14,15,16). The molecule has 0 atom stereocenters. The van der Waals surface area contributed by atoms with Crippen molar-refractivity contribution in [2.75, 3.05) is 11.9 Å². The molecule has 0 aliphatic rings.